The van der Waals surface area contributed by atoms with Gasteiger partial charge in [0, 0.05) is 24.1 Å². The Kier molecular flexibility index (Phi) is 4.48. The molecule has 0 saturated heterocycles. The highest BCUT2D eigenvalue weighted by molar-refractivity contribution is 9.09. The third-order valence-electron chi connectivity index (χ3n) is 1.78. The number of hydrogen-bond donors (Lipinski definition) is 0. The van der Waals surface area contributed by atoms with E-state index in [0.29, 0.717) is 4.83 Å². The maximum atomic E-state index is 12.8. The fourth-order valence-corrected chi connectivity index (χ4v) is 1.84. The number of nitrogens with zero attached hydrogens (tertiary/aromatic N) is 2. The number of aromatic nitrogens is 1. The van der Waals surface area contributed by atoms with Gasteiger partial charge in [0.2, 0.25) is 0 Å². The highest BCUT2D eigenvalue weighted by Gasteiger charge is 2.04. The van der Waals surface area contributed by atoms with Gasteiger partial charge >= 0.3 is 0 Å². The Morgan fingerprint density at radius 2 is 2.29 bits per heavy atom. The summed E-state index contributed by atoms with van der Waals surface area (Å²) in [5.74, 6) is -0.275. The summed E-state index contributed by atoms with van der Waals surface area (Å²) in [6.07, 6.45) is 2.91. The van der Waals surface area contributed by atoms with Crippen molar-refractivity contribution in [2.24, 2.45) is 0 Å². The van der Waals surface area contributed by atoms with E-state index in [9.17, 15) is 4.39 Å². The van der Waals surface area contributed by atoms with E-state index in [2.05, 4.69) is 32.7 Å². The zero-order valence-corrected chi connectivity index (χ0v) is 9.96. The Morgan fingerprint density at radius 1 is 1.57 bits per heavy atom. The summed E-state index contributed by atoms with van der Waals surface area (Å²) < 4.78 is 12.8. The first-order chi connectivity index (χ1) is 6.58. The first kappa shape index (κ1) is 11.6. The van der Waals surface area contributed by atoms with E-state index in [0.717, 1.165) is 18.7 Å². The van der Waals surface area contributed by atoms with Crippen LogP contribution < -0.4 is 0 Å². The number of rotatable bonds is 4. The van der Waals surface area contributed by atoms with E-state index < -0.39 is 0 Å². The highest BCUT2D eigenvalue weighted by atomic mass is 79.9. The molecule has 0 spiro atoms. The standard InChI is InChI=1S/C10H14BrFN2/c1-8(11)6-14(2)7-9-3-10(12)5-13-4-9/h3-5,8H,6-7H2,1-2H3. The molecule has 0 aliphatic carbocycles. The second kappa shape index (κ2) is 5.41. The molecule has 0 amide bonds. The molecule has 0 radical (unpaired) electrons. The molecule has 14 heavy (non-hydrogen) atoms. The van der Waals surface area contributed by atoms with Gasteiger partial charge < -0.3 is 4.90 Å². The molecule has 1 atom stereocenters. The fourth-order valence-electron chi connectivity index (χ4n) is 1.35. The van der Waals surface area contributed by atoms with Gasteiger partial charge in [-0.3, -0.25) is 4.98 Å². The van der Waals surface area contributed by atoms with E-state index in [1.54, 1.807) is 6.20 Å². The smallest absolute Gasteiger partial charge is 0.141 e. The van der Waals surface area contributed by atoms with Crippen molar-refractivity contribution in [1.82, 2.24) is 9.88 Å². The topological polar surface area (TPSA) is 16.1 Å². The molecule has 4 heteroatoms. The van der Waals surface area contributed by atoms with Gasteiger partial charge in [-0.2, -0.15) is 0 Å². The number of hydrogen-bond acceptors (Lipinski definition) is 2. The van der Waals surface area contributed by atoms with Crippen molar-refractivity contribution in [3.8, 4) is 0 Å². The minimum atomic E-state index is -0.275. The van der Waals surface area contributed by atoms with Crippen LogP contribution in [0.1, 0.15) is 12.5 Å². The fraction of sp³-hybridized carbons (Fsp3) is 0.500. The van der Waals surface area contributed by atoms with E-state index >= 15 is 0 Å². The van der Waals surface area contributed by atoms with Crippen LogP contribution in [0.2, 0.25) is 0 Å². The van der Waals surface area contributed by atoms with Gasteiger partial charge in [-0.05, 0) is 18.7 Å². The predicted octanol–water partition coefficient (Wildman–Crippen LogP) is 2.44. The second-order valence-corrected chi connectivity index (χ2v) is 5.05. The molecule has 0 fully saturated rings. The summed E-state index contributed by atoms with van der Waals surface area (Å²) in [7, 11) is 2.00. The Morgan fingerprint density at radius 3 is 2.86 bits per heavy atom. The van der Waals surface area contributed by atoms with Crippen LogP contribution in [-0.4, -0.2) is 28.3 Å². The SMILES string of the molecule is CC(Br)CN(C)Cc1cncc(F)c1. The zero-order valence-electron chi connectivity index (χ0n) is 8.37. The minimum absolute atomic E-state index is 0.275. The summed E-state index contributed by atoms with van der Waals surface area (Å²) in [6, 6.07) is 1.52. The molecule has 2 nitrogen and oxygen atoms in total. The number of alkyl halides is 1. The molecular formula is C10H14BrFN2. The van der Waals surface area contributed by atoms with Crippen LogP contribution in [0.5, 0.6) is 0 Å². The van der Waals surface area contributed by atoms with Crippen LogP contribution in [-0.2, 0) is 6.54 Å². The van der Waals surface area contributed by atoms with Crippen LogP contribution in [0.25, 0.3) is 0 Å². The first-order valence-corrected chi connectivity index (χ1v) is 5.41. The van der Waals surface area contributed by atoms with Crippen molar-refractivity contribution < 1.29 is 4.39 Å². The quantitative estimate of drug-likeness (QED) is 0.774. The lowest BCUT2D eigenvalue weighted by Crippen LogP contribution is -2.24. The molecule has 0 bridgehead atoms. The minimum Gasteiger partial charge on any atom is -0.301 e. The summed E-state index contributed by atoms with van der Waals surface area (Å²) in [4.78, 5) is 6.36. The van der Waals surface area contributed by atoms with Gasteiger partial charge in [-0.25, -0.2) is 4.39 Å². The van der Waals surface area contributed by atoms with Crippen LogP contribution in [0.15, 0.2) is 18.5 Å². The molecule has 0 aliphatic rings. The molecule has 1 aromatic heterocycles. The molecule has 0 N–H and O–H groups in total. The summed E-state index contributed by atoms with van der Waals surface area (Å²) in [6.45, 7) is 3.73. The van der Waals surface area contributed by atoms with E-state index in [4.69, 9.17) is 0 Å². The van der Waals surface area contributed by atoms with Gasteiger partial charge in [0.1, 0.15) is 5.82 Å². The Hall–Kier alpha value is -0.480. The van der Waals surface area contributed by atoms with Crippen molar-refractivity contribution in [2.45, 2.75) is 18.3 Å². The van der Waals surface area contributed by atoms with Crippen LogP contribution in [0, 0.1) is 5.82 Å². The molecule has 78 valence electrons. The summed E-state index contributed by atoms with van der Waals surface area (Å²) in [5.41, 5.74) is 0.903. The first-order valence-electron chi connectivity index (χ1n) is 4.50. The molecule has 0 saturated carbocycles. The summed E-state index contributed by atoms with van der Waals surface area (Å²) in [5, 5.41) is 0. The third kappa shape index (κ3) is 4.15. The average Bonchev–Trinajstić information content (AvgIpc) is 2.01. The molecule has 1 unspecified atom stereocenters. The van der Waals surface area contributed by atoms with Gasteiger partial charge in [0.05, 0.1) is 6.20 Å². The molecule has 1 aromatic rings. The lowest BCUT2D eigenvalue weighted by Gasteiger charge is -2.17. The van der Waals surface area contributed by atoms with Crippen molar-refractivity contribution >= 4 is 15.9 Å². The average molecular weight is 261 g/mol. The monoisotopic (exact) mass is 260 g/mol. The normalized spacial score (nSPS) is 13.2. The van der Waals surface area contributed by atoms with Crippen LogP contribution in [0.4, 0.5) is 4.39 Å². The van der Waals surface area contributed by atoms with Gasteiger partial charge in [-0.15, -0.1) is 0 Å². The van der Waals surface area contributed by atoms with Crippen molar-refractivity contribution in [3.63, 3.8) is 0 Å². The molecular weight excluding hydrogens is 247 g/mol. The Balaban J connectivity index is 2.51. The van der Waals surface area contributed by atoms with Gasteiger partial charge in [-0.1, -0.05) is 22.9 Å². The number of pyridine rings is 1. The van der Waals surface area contributed by atoms with E-state index in [1.807, 2.05) is 7.05 Å². The molecule has 1 heterocycles. The van der Waals surface area contributed by atoms with Crippen molar-refractivity contribution in [2.75, 3.05) is 13.6 Å². The van der Waals surface area contributed by atoms with Gasteiger partial charge in [0.25, 0.3) is 0 Å². The predicted molar refractivity (Wildman–Crippen MR) is 58.9 cm³/mol. The summed E-state index contributed by atoms with van der Waals surface area (Å²) >= 11 is 3.47. The Labute approximate surface area is 92.3 Å². The Bertz CT molecular complexity index is 291. The number of halogens is 2. The highest BCUT2D eigenvalue weighted by Crippen LogP contribution is 2.06. The second-order valence-electron chi connectivity index (χ2n) is 3.49. The molecule has 1 rings (SSSR count). The zero-order chi connectivity index (χ0) is 10.6. The molecule has 0 aliphatic heterocycles. The van der Waals surface area contributed by atoms with E-state index in [-0.39, 0.29) is 5.82 Å². The lowest BCUT2D eigenvalue weighted by atomic mass is 10.2. The van der Waals surface area contributed by atoms with Crippen molar-refractivity contribution in [1.29, 1.82) is 0 Å². The van der Waals surface area contributed by atoms with E-state index in [1.165, 1.54) is 12.3 Å². The van der Waals surface area contributed by atoms with Crippen LogP contribution in [0.3, 0.4) is 0 Å². The maximum Gasteiger partial charge on any atom is 0.141 e. The third-order valence-corrected chi connectivity index (χ3v) is 2.07. The lowest BCUT2D eigenvalue weighted by molar-refractivity contribution is 0.332. The van der Waals surface area contributed by atoms with Gasteiger partial charge in [0.15, 0.2) is 0 Å². The largest absolute Gasteiger partial charge is 0.301 e. The van der Waals surface area contributed by atoms with Crippen LogP contribution >= 0.6 is 15.9 Å². The van der Waals surface area contributed by atoms with Crippen molar-refractivity contribution in [3.05, 3.63) is 29.8 Å². The molecule has 0 aromatic carbocycles. The maximum absolute atomic E-state index is 12.8.